The monoisotopic (exact) mass is 881 g/mol. The van der Waals surface area contributed by atoms with Crippen LogP contribution >= 0.6 is 0 Å². The van der Waals surface area contributed by atoms with Crippen molar-refractivity contribution in [1.82, 2.24) is 9.80 Å². The first-order valence-corrected chi connectivity index (χ1v) is 27.6. The molecule has 0 aromatic carbocycles. The molecule has 1 fully saturated rings. The molecule has 0 aliphatic carbocycles. The highest BCUT2D eigenvalue weighted by molar-refractivity contribution is 5.36. The molecule has 1 unspecified atom stereocenters. The maximum Gasteiger partial charge on any atom is 0.293 e. The average Bonchev–Trinajstić information content (AvgIpc) is 3.27. The number of hydrogen-bond acceptors (Lipinski definition) is 6. The van der Waals surface area contributed by atoms with E-state index in [9.17, 15) is 4.79 Å². The van der Waals surface area contributed by atoms with E-state index in [0.717, 1.165) is 24.9 Å². The lowest BCUT2D eigenvalue weighted by Crippen LogP contribution is -2.44. The van der Waals surface area contributed by atoms with Gasteiger partial charge < -0.3 is 24.4 Å². The summed E-state index contributed by atoms with van der Waals surface area (Å²) in [5, 5.41) is 6.89. The van der Waals surface area contributed by atoms with Crippen LogP contribution in [0.4, 0.5) is 0 Å². The molecule has 372 valence electrons. The van der Waals surface area contributed by atoms with Crippen molar-refractivity contribution in [3.05, 3.63) is 0 Å². The van der Waals surface area contributed by atoms with Gasteiger partial charge in [0.05, 0.1) is 12.7 Å². The van der Waals surface area contributed by atoms with Crippen molar-refractivity contribution < 1.29 is 24.2 Å². The molecule has 1 saturated heterocycles. The summed E-state index contributed by atoms with van der Waals surface area (Å²) >= 11 is 0. The van der Waals surface area contributed by atoms with Crippen molar-refractivity contribution in [2.24, 2.45) is 11.8 Å². The van der Waals surface area contributed by atoms with E-state index in [2.05, 4.69) is 51.5 Å². The number of nitrogens with zero attached hydrogens (tertiary/aromatic N) is 2. The van der Waals surface area contributed by atoms with Gasteiger partial charge in [0.15, 0.2) is 0 Å². The summed E-state index contributed by atoms with van der Waals surface area (Å²) in [4.78, 5) is 23.5. The molecule has 7 nitrogen and oxygen atoms in total. The molecule has 0 amide bonds. The number of rotatable bonds is 45. The molecule has 0 bridgehead atoms. The Bertz CT molecular complexity index is 818. The number of piperazine rings is 1. The Morgan fingerprint density at radius 3 is 1.18 bits per heavy atom. The maximum atomic E-state index is 10.1. The van der Waals surface area contributed by atoms with Crippen molar-refractivity contribution in [2.75, 3.05) is 53.0 Å². The Hall–Kier alpha value is -1.18. The lowest BCUT2D eigenvalue weighted by molar-refractivity contribution is -0.129. The first-order chi connectivity index (χ1) is 30.4. The fourth-order valence-electron chi connectivity index (χ4n) is 9.15. The van der Waals surface area contributed by atoms with Crippen LogP contribution in [0.3, 0.4) is 0 Å². The van der Waals surface area contributed by atoms with Gasteiger partial charge >= 0.3 is 0 Å². The third-order valence-electron chi connectivity index (χ3n) is 13.4. The molecular formula is C55H112N2O5. The van der Waals surface area contributed by atoms with E-state index >= 15 is 0 Å². The maximum absolute atomic E-state index is 10.1. The van der Waals surface area contributed by atoms with Crippen LogP contribution in [-0.2, 0) is 19.1 Å². The third kappa shape index (κ3) is 48.3. The van der Waals surface area contributed by atoms with E-state index in [1.165, 1.54) is 264 Å². The van der Waals surface area contributed by atoms with E-state index < -0.39 is 0 Å². The molecule has 62 heavy (non-hydrogen) atoms. The first kappa shape index (κ1) is 62.9. The third-order valence-corrected chi connectivity index (χ3v) is 13.4. The summed E-state index contributed by atoms with van der Waals surface area (Å²) < 4.78 is 11.3. The van der Waals surface area contributed by atoms with Gasteiger partial charge in [0.25, 0.3) is 12.9 Å². The zero-order valence-electron chi connectivity index (χ0n) is 43.0. The van der Waals surface area contributed by atoms with E-state index in [-0.39, 0.29) is 6.47 Å². The minimum absolute atomic E-state index is 0.250. The highest BCUT2D eigenvalue weighted by atomic mass is 16.5. The summed E-state index contributed by atoms with van der Waals surface area (Å²) in [5.41, 5.74) is 0. The van der Waals surface area contributed by atoms with Crippen LogP contribution in [0.1, 0.15) is 272 Å². The van der Waals surface area contributed by atoms with E-state index in [0.29, 0.717) is 19.2 Å². The zero-order valence-corrected chi connectivity index (χ0v) is 43.0. The first-order valence-electron chi connectivity index (χ1n) is 27.6. The molecule has 1 heterocycles. The molecular weight excluding hydrogens is 769 g/mol. The highest BCUT2D eigenvalue weighted by Crippen LogP contribution is 2.25. The summed E-state index contributed by atoms with van der Waals surface area (Å²) in [5.74, 6) is 1.78. The fraction of sp³-hybridized carbons (Fsp3) is 0.964. The summed E-state index contributed by atoms with van der Waals surface area (Å²) in [6, 6.07) is 0. The second kappa shape index (κ2) is 54.2. The molecule has 1 N–H and O–H groups in total. The molecule has 0 saturated carbocycles. The Morgan fingerprint density at radius 1 is 0.435 bits per heavy atom. The number of carbonyl (C=O) groups is 2. The lowest BCUT2D eigenvalue weighted by atomic mass is 9.90. The Balaban J connectivity index is 0. The second-order valence-corrected chi connectivity index (χ2v) is 19.2. The van der Waals surface area contributed by atoms with Crippen molar-refractivity contribution >= 4 is 12.9 Å². The molecule has 1 aliphatic rings. The quantitative estimate of drug-likeness (QED) is 0.0482. The van der Waals surface area contributed by atoms with Gasteiger partial charge in [0.1, 0.15) is 0 Å². The van der Waals surface area contributed by atoms with Crippen LogP contribution < -0.4 is 0 Å². The van der Waals surface area contributed by atoms with Gasteiger partial charge in [-0.25, -0.2) is 0 Å². The number of likely N-dealkylation sites (N-methyl/N-ethyl adjacent to an activating group) is 1. The summed E-state index contributed by atoms with van der Waals surface area (Å²) in [7, 11) is 2.25. The van der Waals surface area contributed by atoms with Crippen LogP contribution in [0.2, 0.25) is 0 Å². The molecule has 1 atom stereocenters. The number of hydrogen-bond donors (Lipinski definition) is 1. The molecule has 1 rings (SSSR count). The zero-order chi connectivity index (χ0) is 45.8. The van der Waals surface area contributed by atoms with Gasteiger partial charge in [0, 0.05) is 32.8 Å². The van der Waals surface area contributed by atoms with E-state index in [4.69, 9.17) is 19.4 Å². The molecule has 7 heteroatoms. The molecule has 0 radical (unpaired) electrons. The average molecular weight is 882 g/mol. The van der Waals surface area contributed by atoms with E-state index in [1.807, 2.05) is 0 Å². The van der Waals surface area contributed by atoms with Gasteiger partial charge in [0.2, 0.25) is 0 Å². The molecule has 1 aliphatic heterocycles. The van der Waals surface area contributed by atoms with Crippen LogP contribution in [0, 0.1) is 11.8 Å². The smallest absolute Gasteiger partial charge is 0.293 e. The predicted molar refractivity (Wildman–Crippen MR) is 271 cm³/mol. The topological polar surface area (TPSA) is 79.3 Å². The molecule has 0 aromatic heterocycles. The van der Waals surface area contributed by atoms with Gasteiger partial charge in [-0.15, -0.1) is 0 Å². The Labute approximate surface area is 388 Å². The van der Waals surface area contributed by atoms with Gasteiger partial charge in [-0.3, -0.25) is 9.59 Å². The highest BCUT2D eigenvalue weighted by Gasteiger charge is 2.14. The van der Waals surface area contributed by atoms with Crippen LogP contribution in [0.5, 0.6) is 0 Å². The summed E-state index contributed by atoms with van der Waals surface area (Å²) in [6.45, 7) is 19.6. The fourth-order valence-corrected chi connectivity index (χ4v) is 9.15. The minimum Gasteiger partial charge on any atom is -0.483 e. The lowest BCUT2D eigenvalue weighted by Gasteiger charge is -2.32. The predicted octanol–water partition coefficient (Wildman–Crippen LogP) is 16.2. The van der Waals surface area contributed by atoms with Crippen LogP contribution in [-0.4, -0.2) is 86.9 Å². The standard InChI is InChI=1S/C40H82N2O.C14H28O2.CH2O2/c1-5-8-11-12-15-19-24-31-40(43-38-27-26-33-42-36-34-41(4)35-37-42)32-25-20-17-14-13-16-18-23-30-39(28-21-9-6-2)29-22-10-7-3;1-3-5-7-9-14(10-8-6-4-2)11-12-16-13-15;2-1-3/h39-40H,5-38H2,1-4H3;13-14H,3-12H2,1-2H3;1H,(H,2,3). The number of carbonyl (C=O) groups excluding carboxylic acids is 1. The van der Waals surface area contributed by atoms with Crippen molar-refractivity contribution in [3.63, 3.8) is 0 Å². The number of ether oxygens (including phenoxy) is 2. The Morgan fingerprint density at radius 2 is 0.774 bits per heavy atom. The van der Waals surface area contributed by atoms with Gasteiger partial charge in [-0.2, -0.15) is 0 Å². The van der Waals surface area contributed by atoms with Crippen LogP contribution in [0.15, 0.2) is 0 Å². The van der Waals surface area contributed by atoms with Gasteiger partial charge in [-0.05, 0) is 57.5 Å². The number of carboxylic acid groups (broad SMARTS) is 1. The van der Waals surface area contributed by atoms with Crippen molar-refractivity contribution in [1.29, 1.82) is 0 Å². The molecule has 0 aromatic rings. The van der Waals surface area contributed by atoms with Gasteiger partial charge in [-0.1, -0.05) is 240 Å². The van der Waals surface area contributed by atoms with Crippen molar-refractivity contribution in [2.45, 2.75) is 278 Å². The Kier molecular flexibility index (Phi) is 54.9. The van der Waals surface area contributed by atoms with Crippen molar-refractivity contribution in [3.8, 4) is 0 Å². The second-order valence-electron chi connectivity index (χ2n) is 19.2. The largest absolute Gasteiger partial charge is 0.483 e. The SMILES string of the molecule is CCCCCC(CCCCC)CCOC=O.CCCCCCCCCC(CCCCCCCCCCC(CCCCC)CCCCC)OCCCCN1CCN(C)CC1.O=CO. The number of unbranched alkanes of at least 4 members (excludes halogenated alkanes) is 22. The minimum atomic E-state index is -0.250. The summed E-state index contributed by atoms with van der Waals surface area (Å²) in [6.07, 6.45) is 51.6. The molecule has 0 spiro atoms. The van der Waals surface area contributed by atoms with Crippen LogP contribution in [0.25, 0.3) is 0 Å². The van der Waals surface area contributed by atoms with E-state index in [1.54, 1.807) is 0 Å². The normalized spacial score (nSPS) is 13.7.